The monoisotopic (exact) mass is 286 g/mol. The smallest absolute Gasteiger partial charge is 0.107 e. The fourth-order valence-electron chi connectivity index (χ4n) is 1.38. The lowest BCUT2D eigenvalue weighted by atomic mass is 10.1. The number of rotatable bonds is 9. The predicted molar refractivity (Wildman–Crippen MR) is 79.5 cm³/mol. The molecule has 1 heterocycles. The fraction of sp³-hybridized carbons (Fsp3) is 0.786. The zero-order valence-corrected chi connectivity index (χ0v) is 13.5. The Kier molecular flexibility index (Phi) is 6.93. The average Bonchev–Trinajstić information content (AvgIpc) is 2.80. The van der Waals surface area contributed by atoms with E-state index >= 15 is 0 Å². The zero-order valence-electron chi connectivity index (χ0n) is 12.7. The summed E-state index contributed by atoms with van der Waals surface area (Å²) in [5, 5.41) is 6.54. The molecule has 1 aromatic rings. The van der Waals surface area contributed by atoms with Gasteiger partial charge in [0.15, 0.2) is 0 Å². The van der Waals surface area contributed by atoms with Crippen LogP contribution in [0.2, 0.25) is 0 Å². The van der Waals surface area contributed by atoms with E-state index in [1.807, 2.05) is 0 Å². The number of hydrogen-bond donors (Lipinski definition) is 1. The van der Waals surface area contributed by atoms with Gasteiger partial charge in [0.2, 0.25) is 0 Å². The van der Waals surface area contributed by atoms with Crippen molar-refractivity contribution < 1.29 is 9.47 Å². The van der Waals surface area contributed by atoms with E-state index in [-0.39, 0.29) is 5.60 Å². The second-order valence-electron chi connectivity index (χ2n) is 5.53. The molecule has 0 amide bonds. The van der Waals surface area contributed by atoms with Gasteiger partial charge in [0.05, 0.1) is 17.9 Å². The number of thiazole rings is 1. The van der Waals surface area contributed by atoms with Gasteiger partial charge >= 0.3 is 0 Å². The van der Waals surface area contributed by atoms with Crippen LogP contribution in [0.4, 0.5) is 0 Å². The number of nitrogens with zero attached hydrogens (tertiary/aromatic N) is 1. The van der Waals surface area contributed by atoms with Gasteiger partial charge in [0.1, 0.15) is 5.01 Å². The molecule has 0 atom stereocenters. The summed E-state index contributed by atoms with van der Waals surface area (Å²) in [5.41, 5.74) is 0.898. The van der Waals surface area contributed by atoms with Gasteiger partial charge in [0, 0.05) is 31.7 Å². The van der Waals surface area contributed by atoms with Gasteiger partial charge in [-0.25, -0.2) is 4.98 Å². The molecule has 0 aromatic carbocycles. The molecule has 19 heavy (non-hydrogen) atoms. The minimum absolute atomic E-state index is 0.117. The highest BCUT2D eigenvalue weighted by Crippen LogP contribution is 2.14. The van der Waals surface area contributed by atoms with Crippen molar-refractivity contribution in [1.82, 2.24) is 10.3 Å². The minimum Gasteiger partial charge on any atom is -0.379 e. The van der Waals surface area contributed by atoms with Crippen LogP contribution in [0.15, 0.2) is 5.38 Å². The molecule has 0 bridgehead atoms. The van der Waals surface area contributed by atoms with Crippen molar-refractivity contribution in [3.05, 3.63) is 16.1 Å². The Morgan fingerprint density at radius 3 is 2.79 bits per heavy atom. The van der Waals surface area contributed by atoms with Crippen molar-refractivity contribution in [2.24, 2.45) is 0 Å². The molecule has 0 aliphatic heterocycles. The van der Waals surface area contributed by atoms with Crippen molar-refractivity contribution in [2.75, 3.05) is 13.7 Å². The summed E-state index contributed by atoms with van der Waals surface area (Å²) in [7, 11) is 1.73. The van der Waals surface area contributed by atoms with Crippen LogP contribution < -0.4 is 5.32 Å². The van der Waals surface area contributed by atoms with Crippen LogP contribution >= 0.6 is 11.3 Å². The van der Waals surface area contributed by atoms with Crippen LogP contribution in [0.25, 0.3) is 0 Å². The summed E-state index contributed by atoms with van der Waals surface area (Å²) >= 11 is 1.68. The van der Waals surface area contributed by atoms with Gasteiger partial charge in [-0.05, 0) is 20.3 Å². The number of methoxy groups -OCH3 is 1. The third-order valence-electron chi connectivity index (χ3n) is 2.91. The quantitative estimate of drug-likeness (QED) is 0.709. The lowest BCUT2D eigenvalue weighted by molar-refractivity contribution is -0.0127. The van der Waals surface area contributed by atoms with Crippen LogP contribution in [0.5, 0.6) is 0 Å². The molecule has 0 unspecified atom stereocenters. The largest absolute Gasteiger partial charge is 0.379 e. The molecule has 4 nitrogen and oxygen atoms in total. The Balaban J connectivity index is 2.23. The molecule has 0 saturated heterocycles. The van der Waals surface area contributed by atoms with Crippen LogP contribution in [-0.4, -0.2) is 30.3 Å². The molecule has 1 rings (SSSR count). The van der Waals surface area contributed by atoms with E-state index in [0.717, 1.165) is 23.7 Å². The molecule has 0 fully saturated rings. The first-order valence-corrected chi connectivity index (χ1v) is 7.60. The van der Waals surface area contributed by atoms with Gasteiger partial charge in [-0.3, -0.25) is 0 Å². The van der Waals surface area contributed by atoms with Gasteiger partial charge in [-0.2, -0.15) is 0 Å². The highest BCUT2D eigenvalue weighted by atomic mass is 32.1. The SMILES string of the molecule is COC(C)(C)CCOCc1csc(CNC(C)C)n1. The topological polar surface area (TPSA) is 43.4 Å². The highest BCUT2D eigenvalue weighted by molar-refractivity contribution is 7.09. The Morgan fingerprint density at radius 2 is 2.16 bits per heavy atom. The Labute approximate surface area is 120 Å². The molecule has 1 aromatic heterocycles. The fourth-order valence-corrected chi connectivity index (χ4v) is 2.11. The molecule has 0 spiro atoms. The van der Waals surface area contributed by atoms with Crippen molar-refractivity contribution in [3.8, 4) is 0 Å². The van der Waals surface area contributed by atoms with Crippen molar-refractivity contribution >= 4 is 11.3 Å². The van der Waals surface area contributed by atoms with Crippen LogP contribution in [0, 0.1) is 0 Å². The number of aromatic nitrogens is 1. The zero-order chi connectivity index (χ0) is 14.3. The molecular formula is C14H26N2O2S. The van der Waals surface area contributed by atoms with Crippen LogP contribution in [0.1, 0.15) is 44.8 Å². The Bertz CT molecular complexity index is 364. The summed E-state index contributed by atoms with van der Waals surface area (Å²) in [6.07, 6.45) is 0.884. The minimum atomic E-state index is -0.117. The number of ether oxygens (including phenoxy) is 2. The first-order valence-electron chi connectivity index (χ1n) is 6.72. The first kappa shape index (κ1) is 16.6. The first-order chi connectivity index (χ1) is 8.93. The summed E-state index contributed by atoms with van der Waals surface area (Å²) in [5.74, 6) is 0. The molecule has 0 radical (unpaired) electrons. The average molecular weight is 286 g/mol. The third kappa shape index (κ3) is 7.01. The van der Waals surface area contributed by atoms with Gasteiger partial charge < -0.3 is 14.8 Å². The van der Waals surface area contributed by atoms with Crippen LogP contribution in [-0.2, 0) is 22.6 Å². The molecule has 1 N–H and O–H groups in total. The molecule has 0 aliphatic rings. The summed E-state index contributed by atoms with van der Waals surface area (Å²) in [6.45, 7) is 10.5. The highest BCUT2D eigenvalue weighted by Gasteiger charge is 2.15. The maximum absolute atomic E-state index is 5.64. The number of nitrogens with one attached hydrogen (secondary N) is 1. The van der Waals surface area contributed by atoms with Crippen molar-refractivity contribution in [3.63, 3.8) is 0 Å². The van der Waals surface area contributed by atoms with E-state index in [4.69, 9.17) is 9.47 Å². The molecule has 110 valence electrons. The van der Waals surface area contributed by atoms with E-state index in [2.05, 4.69) is 43.4 Å². The maximum atomic E-state index is 5.64. The molecule has 0 aliphatic carbocycles. The summed E-state index contributed by atoms with van der Waals surface area (Å²) < 4.78 is 11.0. The lowest BCUT2D eigenvalue weighted by Crippen LogP contribution is -2.24. The Morgan fingerprint density at radius 1 is 1.42 bits per heavy atom. The van der Waals surface area contributed by atoms with E-state index in [0.29, 0.717) is 19.3 Å². The summed E-state index contributed by atoms with van der Waals surface area (Å²) in [4.78, 5) is 4.54. The van der Waals surface area contributed by atoms with E-state index < -0.39 is 0 Å². The van der Waals surface area contributed by atoms with Gasteiger partial charge in [-0.15, -0.1) is 11.3 Å². The summed E-state index contributed by atoms with van der Waals surface area (Å²) in [6, 6.07) is 0.486. The van der Waals surface area contributed by atoms with E-state index in [9.17, 15) is 0 Å². The normalized spacial score (nSPS) is 12.3. The standard InChI is InChI=1S/C14H26N2O2S/c1-11(2)15-8-13-16-12(10-19-13)9-18-7-6-14(3,4)17-5/h10-11,15H,6-9H2,1-5H3. The second kappa shape index (κ2) is 7.94. The molecule has 0 saturated carbocycles. The van der Waals surface area contributed by atoms with E-state index in [1.165, 1.54) is 0 Å². The second-order valence-corrected chi connectivity index (χ2v) is 6.48. The lowest BCUT2D eigenvalue weighted by Gasteiger charge is -2.22. The Hall–Kier alpha value is -0.490. The molecular weight excluding hydrogens is 260 g/mol. The van der Waals surface area contributed by atoms with Crippen molar-refractivity contribution in [1.29, 1.82) is 0 Å². The predicted octanol–water partition coefficient (Wildman–Crippen LogP) is 2.97. The maximum Gasteiger partial charge on any atom is 0.107 e. The number of hydrogen-bond acceptors (Lipinski definition) is 5. The van der Waals surface area contributed by atoms with Gasteiger partial charge in [-0.1, -0.05) is 13.8 Å². The molecule has 5 heteroatoms. The van der Waals surface area contributed by atoms with Crippen LogP contribution in [0.3, 0.4) is 0 Å². The van der Waals surface area contributed by atoms with Gasteiger partial charge in [0.25, 0.3) is 0 Å². The van der Waals surface area contributed by atoms with E-state index in [1.54, 1.807) is 18.4 Å². The van der Waals surface area contributed by atoms with Crippen molar-refractivity contribution in [2.45, 2.75) is 58.9 Å². The third-order valence-corrected chi connectivity index (χ3v) is 3.81.